The highest BCUT2D eigenvalue weighted by atomic mass is 32.1. The van der Waals surface area contributed by atoms with Gasteiger partial charge in [0.05, 0.1) is 5.56 Å². The summed E-state index contributed by atoms with van der Waals surface area (Å²) in [6.45, 7) is 3.91. The monoisotopic (exact) mass is 210 g/mol. The number of alkyl halides is 1. The molecular weight excluding hydrogens is 199 g/mol. The lowest BCUT2D eigenvalue weighted by Crippen LogP contribution is -2.13. The average molecular weight is 210 g/mol. The first-order valence-corrected chi connectivity index (χ1v) is 5.26. The van der Waals surface area contributed by atoms with E-state index in [1.54, 1.807) is 0 Å². The van der Waals surface area contributed by atoms with Crippen molar-refractivity contribution in [2.75, 3.05) is 5.73 Å². The van der Waals surface area contributed by atoms with Gasteiger partial charge in [0.2, 0.25) is 0 Å². The van der Waals surface area contributed by atoms with Crippen molar-refractivity contribution in [3.8, 4) is 6.07 Å². The number of nitrogens with zero attached hydrogens (tertiary/aromatic N) is 1. The molecule has 1 aromatic heterocycles. The predicted octanol–water partition coefficient (Wildman–Crippen LogP) is 2.89. The van der Waals surface area contributed by atoms with Crippen LogP contribution in [-0.2, 0) is 5.41 Å². The second-order valence-electron chi connectivity index (χ2n) is 4.25. The zero-order chi connectivity index (χ0) is 10.5. The van der Waals surface area contributed by atoms with E-state index in [9.17, 15) is 4.39 Å². The van der Waals surface area contributed by atoms with Gasteiger partial charge in [-0.05, 0) is 17.4 Å². The molecular formula is C10H11FN2S. The Kier molecular flexibility index (Phi) is 1.83. The van der Waals surface area contributed by atoms with E-state index in [0.29, 0.717) is 21.9 Å². The molecule has 1 aromatic rings. The van der Waals surface area contributed by atoms with Crippen LogP contribution in [0.15, 0.2) is 0 Å². The fourth-order valence-corrected chi connectivity index (χ4v) is 3.29. The number of fused-ring (bicyclic) bond motifs is 1. The van der Waals surface area contributed by atoms with Crippen molar-refractivity contribution in [3.63, 3.8) is 0 Å². The van der Waals surface area contributed by atoms with Gasteiger partial charge in [-0.25, -0.2) is 4.39 Å². The van der Waals surface area contributed by atoms with Crippen molar-refractivity contribution in [2.45, 2.75) is 31.9 Å². The van der Waals surface area contributed by atoms with Crippen LogP contribution in [0, 0.1) is 11.3 Å². The van der Waals surface area contributed by atoms with Crippen LogP contribution in [0.3, 0.4) is 0 Å². The van der Waals surface area contributed by atoms with Gasteiger partial charge in [0, 0.05) is 4.88 Å². The summed E-state index contributed by atoms with van der Waals surface area (Å²) in [7, 11) is 0. The largest absolute Gasteiger partial charge is 0.389 e. The Morgan fingerprint density at radius 2 is 2.29 bits per heavy atom. The van der Waals surface area contributed by atoms with Crippen LogP contribution in [0.4, 0.5) is 9.39 Å². The third-order valence-corrected chi connectivity index (χ3v) is 3.83. The molecule has 1 aliphatic rings. The highest BCUT2D eigenvalue weighted by molar-refractivity contribution is 7.16. The first-order valence-electron chi connectivity index (χ1n) is 4.44. The predicted molar refractivity (Wildman–Crippen MR) is 54.9 cm³/mol. The molecule has 1 heterocycles. The molecule has 1 aliphatic carbocycles. The molecule has 0 fully saturated rings. The second-order valence-corrected chi connectivity index (χ2v) is 5.33. The molecule has 74 valence electrons. The number of rotatable bonds is 0. The van der Waals surface area contributed by atoms with Gasteiger partial charge in [-0.3, -0.25) is 0 Å². The topological polar surface area (TPSA) is 49.8 Å². The Bertz CT molecular complexity index is 428. The maximum atomic E-state index is 13.6. The van der Waals surface area contributed by atoms with Crippen molar-refractivity contribution in [3.05, 3.63) is 16.0 Å². The Labute approximate surface area is 86.2 Å². The molecule has 4 heteroatoms. The molecule has 0 aromatic carbocycles. The van der Waals surface area contributed by atoms with E-state index in [-0.39, 0.29) is 5.41 Å². The molecule has 1 atom stereocenters. The average Bonchev–Trinajstić information content (AvgIpc) is 2.50. The minimum Gasteiger partial charge on any atom is -0.389 e. The summed E-state index contributed by atoms with van der Waals surface area (Å²) in [5.74, 6) is 0. The van der Waals surface area contributed by atoms with Crippen LogP contribution in [-0.4, -0.2) is 0 Å². The van der Waals surface area contributed by atoms with E-state index in [4.69, 9.17) is 11.0 Å². The Balaban J connectivity index is 2.71. The third-order valence-electron chi connectivity index (χ3n) is 2.73. The Morgan fingerprint density at radius 1 is 1.64 bits per heavy atom. The standard InChI is InChI=1S/C10H11FN2S/c1-10(2)3-6(11)8-7(10)5(4-12)9(13)14-8/h6H,3,13H2,1-2H3. The Hall–Kier alpha value is -1.08. The molecule has 0 saturated heterocycles. The van der Waals surface area contributed by atoms with Crippen molar-refractivity contribution in [1.29, 1.82) is 5.26 Å². The van der Waals surface area contributed by atoms with Gasteiger partial charge >= 0.3 is 0 Å². The molecule has 1 unspecified atom stereocenters. The summed E-state index contributed by atoms with van der Waals surface area (Å²) in [5, 5.41) is 9.40. The maximum Gasteiger partial charge on any atom is 0.135 e. The number of halogens is 1. The maximum absolute atomic E-state index is 13.6. The zero-order valence-corrected chi connectivity index (χ0v) is 8.91. The summed E-state index contributed by atoms with van der Waals surface area (Å²) < 4.78 is 13.6. The van der Waals surface area contributed by atoms with Crippen molar-refractivity contribution in [1.82, 2.24) is 0 Å². The first-order chi connectivity index (χ1) is 6.47. The highest BCUT2D eigenvalue weighted by Crippen LogP contribution is 2.53. The van der Waals surface area contributed by atoms with Crippen LogP contribution in [0.5, 0.6) is 0 Å². The van der Waals surface area contributed by atoms with Crippen LogP contribution in [0.1, 0.15) is 42.4 Å². The van der Waals surface area contributed by atoms with Gasteiger partial charge in [-0.15, -0.1) is 11.3 Å². The van der Waals surface area contributed by atoms with Crippen LogP contribution < -0.4 is 5.73 Å². The number of hydrogen-bond acceptors (Lipinski definition) is 3. The lowest BCUT2D eigenvalue weighted by Gasteiger charge is -2.17. The van der Waals surface area contributed by atoms with Crippen LogP contribution in [0.25, 0.3) is 0 Å². The molecule has 2 nitrogen and oxygen atoms in total. The number of hydrogen-bond donors (Lipinski definition) is 1. The smallest absolute Gasteiger partial charge is 0.135 e. The van der Waals surface area contributed by atoms with Crippen LogP contribution in [0.2, 0.25) is 0 Å². The summed E-state index contributed by atoms with van der Waals surface area (Å²) in [6.07, 6.45) is -0.488. The van der Waals surface area contributed by atoms with Gasteiger partial charge in [0.1, 0.15) is 17.2 Å². The molecule has 14 heavy (non-hydrogen) atoms. The lowest BCUT2D eigenvalue weighted by atomic mass is 9.85. The number of anilines is 1. The van der Waals surface area contributed by atoms with E-state index in [0.717, 1.165) is 5.56 Å². The summed E-state index contributed by atoms with van der Waals surface area (Å²) in [6, 6.07) is 2.07. The van der Waals surface area contributed by atoms with Gasteiger partial charge in [0.25, 0.3) is 0 Å². The summed E-state index contributed by atoms with van der Waals surface area (Å²) >= 11 is 1.22. The van der Waals surface area contributed by atoms with E-state index in [1.807, 2.05) is 13.8 Å². The zero-order valence-electron chi connectivity index (χ0n) is 8.10. The normalized spacial score (nSPS) is 23.1. The SMILES string of the molecule is CC1(C)CC(F)c2sc(N)c(C#N)c21. The van der Waals surface area contributed by atoms with Crippen molar-refractivity contribution >= 4 is 16.3 Å². The van der Waals surface area contributed by atoms with Gasteiger partial charge in [-0.1, -0.05) is 13.8 Å². The van der Waals surface area contributed by atoms with Gasteiger partial charge in [-0.2, -0.15) is 5.26 Å². The van der Waals surface area contributed by atoms with Gasteiger partial charge in [0.15, 0.2) is 0 Å². The third kappa shape index (κ3) is 1.05. The molecule has 2 N–H and O–H groups in total. The molecule has 0 amide bonds. The molecule has 0 aliphatic heterocycles. The second kappa shape index (κ2) is 2.71. The summed E-state index contributed by atoms with van der Waals surface area (Å²) in [4.78, 5) is 0.657. The Morgan fingerprint density at radius 3 is 2.86 bits per heavy atom. The minimum absolute atomic E-state index is 0.256. The minimum atomic E-state index is -0.950. The van der Waals surface area contributed by atoms with E-state index in [2.05, 4.69) is 6.07 Å². The number of thiophene rings is 1. The number of nitrogen functional groups attached to an aromatic ring is 1. The first kappa shape index (κ1) is 9.47. The number of nitriles is 1. The molecule has 0 spiro atoms. The molecule has 2 rings (SSSR count). The number of nitrogens with two attached hydrogens (primary N) is 1. The molecule has 0 bridgehead atoms. The highest BCUT2D eigenvalue weighted by Gasteiger charge is 2.41. The van der Waals surface area contributed by atoms with E-state index >= 15 is 0 Å². The lowest BCUT2D eigenvalue weighted by molar-refractivity contribution is 0.304. The van der Waals surface area contributed by atoms with Gasteiger partial charge < -0.3 is 5.73 Å². The van der Waals surface area contributed by atoms with Crippen molar-refractivity contribution < 1.29 is 4.39 Å². The van der Waals surface area contributed by atoms with E-state index < -0.39 is 6.17 Å². The van der Waals surface area contributed by atoms with E-state index in [1.165, 1.54) is 11.3 Å². The molecule has 0 saturated carbocycles. The van der Waals surface area contributed by atoms with Crippen molar-refractivity contribution in [2.24, 2.45) is 0 Å². The fraction of sp³-hybridized carbons (Fsp3) is 0.500. The summed E-state index contributed by atoms with van der Waals surface area (Å²) in [5.41, 5.74) is 6.73. The quantitative estimate of drug-likeness (QED) is 0.715. The molecule has 0 radical (unpaired) electrons. The van der Waals surface area contributed by atoms with Crippen LogP contribution >= 0.6 is 11.3 Å². The fourth-order valence-electron chi connectivity index (χ4n) is 2.11.